The summed E-state index contributed by atoms with van der Waals surface area (Å²) in [5, 5.41) is 1.95. The van der Waals surface area contributed by atoms with Crippen molar-refractivity contribution in [2.45, 2.75) is 17.5 Å². The molecule has 0 aromatic heterocycles. The van der Waals surface area contributed by atoms with Gasteiger partial charge in [0.25, 0.3) is 0 Å². The molecule has 0 aliphatic carbocycles. The zero-order valence-corrected chi connectivity index (χ0v) is 16.1. The summed E-state index contributed by atoms with van der Waals surface area (Å²) in [5.74, 6) is 0.131. The first kappa shape index (κ1) is 22.0. The molecule has 0 saturated heterocycles. The molecule has 28 heavy (non-hydrogen) atoms. The molecule has 0 aliphatic rings. The molecule has 2 aromatic rings. The number of benzene rings is 2. The molecule has 6 nitrogen and oxygen atoms in total. The fraction of sp³-hybridized carbons (Fsp3) is 0.235. The van der Waals surface area contributed by atoms with Gasteiger partial charge in [0.15, 0.2) is 0 Å². The highest BCUT2D eigenvalue weighted by Crippen LogP contribution is 2.35. The third-order valence-corrected chi connectivity index (χ3v) is 5.36. The summed E-state index contributed by atoms with van der Waals surface area (Å²) in [5.41, 5.74) is -0.768. The first-order valence-corrected chi connectivity index (χ1v) is 9.69. The second kappa shape index (κ2) is 8.80. The molecule has 0 saturated carbocycles. The lowest BCUT2D eigenvalue weighted by atomic mass is 10.2. The molecule has 0 heterocycles. The van der Waals surface area contributed by atoms with Crippen LogP contribution < -0.4 is 14.8 Å². The molecular weight excluding hydrogens is 421 g/mol. The van der Waals surface area contributed by atoms with Gasteiger partial charge < -0.3 is 10.1 Å². The molecule has 2 rings (SSSR count). The normalized spacial score (nSPS) is 11.9. The first-order valence-electron chi connectivity index (χ1n) is 7.83. The molecular formula is C17H16ClF3N2O4S. The third-order valence-electron chi connectivity index (χ3n) is 3.57. The Kier molecular flexibility index (Phi) is 6.91. The van der Waals surface area contributed by atoms with Crippen LogP contribution in [0.1, 0.15) is 12.0 Å². The topological polar surface area (TPSA) is 84.5 Å². The molecule has 2 N–H and O–H groups in total. The highest BCUT2D eigenvalue weighted by atomic mass is 35.5. The van der Waals surface area contributed by atoms with Gasteiger partial charge in [0.2, 0.25) is 15.9 Å². The van der Waals surface area contributed by atoms with E-state index in [0.29, 0.717) is 17.5 Å². The van der Waals surface area contributed by atoms with Gasteiger partial charge in [0, 0.05) is 18.7 Å². The number of carbonyl (C=O) groups excluding carboxylic acids is 1. The van der Waals surface area contributed by atoms with Gasteiger partial charge in [-0.15, -0.1) is 0 Å². The highest BCUT2D eigenvalue weighted by molar-refractivity contribution is 7.89. The molecule has 1 amide bonds. The molecule has 0 bridgehead atoms. The Morgan fingerprint density at radius 3 is 2.36 bits per heavy atom. The maximum atomic E-state index is 12.9. The van der Waals surface area contributed by atoms with E-state index in [1.807, 2.05) is 0 Å². The summed E-state index contributed by atoms with van der Waals surface area (Å²) in [6.07, 6.45) is -5.01. The molecule has 0 fully saturated rings. The number of sulfonamides is 1. The van der Waals surface area contributed by atoms with Gasteiger partial charge >= 0.3 is 6.18 Å². The van der Waals surface area contributed by atoms with Crippen LogP contribution in [0.2, 0.25) is 5.02 Å². The van der Waals surface area contributed by atoms with Crippen LogP contribution in [0, 0.1) is 0 Å². The van der Waals surface area contributed by atoms with Crippen LogP contribution in [0.25, 0.3) is 0 Å². The number of methoxy groups -OCH3 is 1. The zero-order valence-electron chi connectivity index (χ0n) is 14.5. The predicted octanol–water partition coefficient (Wildman–Crippen LogP) is 3.67. The number of hydrogen-bond acceptors (Lipinski definition) is 4. The van der Waals surface area contributed by atoms with Crippen molar-refractivity contribution in [3.05, 3.63) is 53.1 Å². The Labute approximate surface area is 164 Å². The number of ether oxygens (including phenoxy) is 1. The lowest BCUT2D eigenvalue weighted by molar-refractivity contribution is -0.137. The van der Waals surface area contributed by atoms with Gasteiger partial charge in [0.05, 0.1) is 22.6 Å². The van der Waals surface area contributed by atoms with Crippen LogP contribution in [-0.4, -0.2) is 28.0 Å². The maximum Gasteiger partial charge on any atom is 0.417 e. The molecule has 0 spiro atoms. The minimum absolute atomic E-state index is 0.217. The first-order chi connectivity index (χ1) is 13.0. The monoisotopic (exact) mass is 436 g/mol. The van der Waals surface area contributed by atoms with Crippen molar-refractivity contribution in [1.82, 2.24) is 4.72 Å². The SMILES string of the molecule is COc1ccc(NC(=O)CCNS(=O)(=O)c2ccc(Cl)c(C(F)(F)F)c2)cc1. The molecule has 0 unspecified atom stereocenters. The molecule has 11 heteroatoms. The number of amides is 1. The van der Waals surface area contributed by atoms with E-state index in [0.717, 1.165) is 12.1 Å². The van der Waals surface area contributed by atoms with Crippen LogP contribution >= 0.6 is 11.6 Å². The predicted molar refractivity (Wildman–Crippen MR) is 97.9 cm³/mol. The smallest absolute Gasteiger partial charge is 0.417 e. The van der Waals surface area contributed by atoms with E-state index in [4.69, 9.17) is 16.3 Å². The van der Waals surface area contributed by atoms with Crippen LogP contribution in [0.4, 0.5) is 18.9 Å². The number of nitrogens with one attached hydrogen (secondary N) is 2. The Morgan fingerprint density at radius 2 is 1.79 bits per heavy atom. The zero-order chi connectivity index (χ0) is 20.9. The van der Waals surface area contributed by atoms with Gasteiger partial charge in [-0.25, -0.2) is 13.1 Å². The van der Waals surface area contributed by atoms with Crippen molar-refractivity contribution < 1.29 is 31.1 Å². The number of halogens is 4. The number of alkyl halides is 3. The fourth-order valence-electron chi connectivity index (χ4n) is 2.17. The summed E-state index contributed by atoms with van der Waals surface area (Å²) in [6, 6.07) is 8.74. The second-order valence-corrected chi connectivity index (χ2v) is 7.74. The Balaban J connectivity index is 1.96. The Hall–Kier alpha value is -2.30. The average Bonchev–Trinajstić information content (AvgIpc) is 2.61. The summed E-state index contributed by atoms with van der Waals surface area (Å²) in [4.78, 5) is 11.3. The quantitative estimate of drug-likeness (QED) is 0.693. The van der Waals surface area contributed by atoms with E-state index in [-0.39, 0.29) is 13.0 Å². The summed E-state index contributed by atoms with van der Waals surface area (Å²) >= 11 is 5.48. The Bertz CT molecular complexity index is 948. The van der Waals surface area contributed by atoms with E-state index in [1.165, 1.54) is 7.11 Å². The molecule has 2 aromatic carbocycles. The van der Waals surface area contributed by atoms with Crippen LogP contribution in [-0.2, 0) is 21.0 Å². The van der Waals surface area contributed by atoms with Crippen LogP contribution in [0.5, 0.6) is 5.75 Å². The van der Waals surface area contributed by atoms with Crippen LogP contribution in [0.3, 0.4) is 0 Å². The lowest BCUT2D eigenvalue weighted by Crippen LogP contribution is -2.28. The fourth-order valence-corrected chi connectivity index (χ4v) is 3.45. The van der Waals surface area contributed by atoms with Gasteiger partial charge in [-0.3, -0.25) is 4.79 Å². The summed E-state index contributed by atoms with van der Waals surface area (Å²) < 4.78 is 70.0. The largest absolute Gasteiger partial charge is 0.497 e. The van der Waals surface area contributed by atoms with Gasteiger partial charge in [-0.2, -0.15) is 13.2 Å². The van der Waals surface area contributed by atoms with Crippen molar-refractivity contribution >= 4 is 33.2 Å². The minimum Gasteiger partial charge on any atom is -0.497 e. The van der Waals surface area contributed by atoms with E-state index < -0.39 is 37.6 Å². The molecule has 0 aliphatic heterocycles. The summed E-state index contributed by atoms with van der Waals surface area (Å²) in [7, 11) is -2.74. The van der Waals surface area contributed by atoms with E-state index in [9.17, 15) is 26.4 Å². The third kappa shape index (κ3) is 5.85. The number of rotatable bonds is 7. The van der Waals surface area contributed by atoms with Crippen molar-refractivity contribution in [3.63, 3.8) is 0 Å². The van der Waals surface area contributed by atoms with E-state index >= 15 is 0 Å². The van der Waals surface area contributed by atoms with Crippen LogP contribution in [0.15, 0.2) is 47.4 Å². The standard InChI is InChI=1S/C17H16ClF3N2O4S/c1-27-12-4-2-11(3-5-12)23-16(24)8-9-22-28(25,26)13-6-7-15(18)14(10-13)17(19,20)21/h2-7,10,22H,8-9H2,1H3,(H,23,24). The van der Waals surface area contributed by atoms with Crippen molar-refractivity contribution in [3.8, 4) is 5.75 Å². The average molecular weight is 437 g/mol. The number of anilines is 1. The highest BCUT2D eigenvalue weighted by Gasteiger charge is 2.34. The van der Waals surface area contributed by atoms with Crippen molar-refractivity contribution in [1.29, 1.82) is 0 Å². The van der Waals surface area contributed by atoms with Gasteiger partial charge in [-0.05, 0) is 42.5 Å². The van der Waals surface area contributed by atoms with Gasteiger partial charge in [-0.1, -0.05) is 11.6 Å². The van der Waals surface area contributed by atoms with Crippen molar-refractivity contribution in [2.24, 2.45) is 0 Å². The summed E-state index contributed by atoms with van der Waals surface area (Å²) in [6.45, 7) is -0.297. The Morgan fingerprint density at radius 1 is 1.14 bits per heavy atom. The number of carbonyl (C=O) groups is 1. The minimum atomic E-state index is -4.79. The molecule has 152 valence electrons. The van der Waals surface area contributed by atoms with E-state index in [2.05, 4.69) is 10.0 Å². The van der Waals surface area contributed by atoms with E-state index in [1.54, 1.807) is 24.3 Å². The maximum absolute atomic E-state index is 12.9. The number of hydrogen-bond donors (Lipinski definition) is 2. The lowest BCUT2D eigenvalue weighted by Gasteiger charge is -2.12. The van der Waals surface area contributed by atoms with Crippen molar-refractivity contribution in [2.75, 3.05) is 19.0 Å². The molecule has 0 atom stereocenters. The van der Waals surface area contributed by atoms with Gasteiger partial charge in [0.1, 0.15) is 5.75 Å². The second-order valence-electron chi connectivity index (χ2n) is 5.56. The molecule has 0 radical (unpaired) electrons.